The van der Waals surface area contributed by atoms with Crippen LogP contribution in [0, 0.1) is 0 Å². The smallest absolute Gasteiger partial charge is 0.243 e. The molecule has 1 aromatic carbocycles. The topological polar surface area (TPSA) is 61.4 Å². The van der Waals surface area contributed by atoms with Crippen molar-refractivity contribution in [3.63, 3.8) is 0 Å². The number of piperidine rings is 1. The van der Waals surface area contributed by atoms with Crippen molar-refractivity contribution in [2.75, 3.05) is 18.4 Å². The lowest BCUT2D eigenvalue weighted by Crippen LogP contribution is -2.61. The lowest BCUT2D eigenvalue weighted by molar-refractivity contribution is -0.149. The summed E-state index contributed by atoms with van der Waals surface area (Å²) >= 11 is 0. The fourth-order valence-electron chi connectivity index (χ4n) is 4.73. The molecule has 2 aliphatic rings. The maximum absolute atomic E-state index is 13.3. The summed E-state index contributed by atoms with van der Waals surface area (Å²) in [5.74, 6) is 0.951. The molecule has 1 aromatic heterocycles. The van der Waals surface area contributed by atoms with Gasteiger partial charge >= 0.3 is 0 Å². The first-order valence-corrected chi connectivity index (χ1v) is 10.7. The van der Waals surface area contributed by atoms with E-state index in [-0.39, 0.29) is 11.6 Å². The largest absolute Gasteiger partial charge is 0.350 e. The minimum Gasteiger partial charge on any atom is -0.350 e. The summed E-state index contributed by atoms with van der Waals surface area (Å²) in [5, 5.41) is 3.27. The Balaban J connectivity index is 1.41. The van der Waals surface area contributed by atoms with E-state index in [2.05, 4.69) is 51.1 Å². The molecule has 1 amide bonds. The number of amides is 1. The predicted molar refractivity (Wildman–Crippen MR) is 114 cm³/mol. The van der Waals surface area contributed by atoms with Crippen LogP contribution in [-0.4, -0.2) is 50.3 Å². The molecule has 1 unspecified atom stereocenters. The number of rotatable bonds is 6. The third kappa shape index (κ3) is 4.13. The van der Waals surface area contributed by atoms with E-state index < -0.39 is 0 Å². The van der Waals surface area contributed by atoms with Gasteiger partial charge in [-0.3, -0.25) is 9.69 Å². The van der Waals surface area contributed by atoms with Gasteiger partial charge in [0, 0.05) is 43.6 Å². The summed E-state index contributed by atoms with van der Waals surface area (Å²) in [6, 6.07) is 10.5. The van der Waals surface area contributed by atoms with Crippen LogP contribution < -0.4 is 5.32 Å². The fourth-order valence-corrected chi connectivity index (χ4v) is 4.73. The third-order valence-corrected chi connectivity index (χ3v) is 6.27. The molecule has 154 valence electrons. The van der Waals surface area contributed by atoms with Crippen LogP contribution in [0.15, 0.2) is 42.7 Å². The summed E-state index contributed by atoms with van der Waals surface area (Å²) < 4.78 is 0. The van der Waals surface area contributed by atoms with Crippen molar-refractivity contribution in [2.24, 2.45) is 0 Å². The summed E-state index contributed by atoms with van der Waals surface area (Å²) in [6.07, 6.45) is 7.87. The first-order chi connectivity index (χ1) is 14.1. The third-order valence-electron chi connectivity index (χ3n) is 6.27. The highest BCUT2D eigenvalue weighted by Gasteiger charge is 2.51. The Morgan fingerprint density at radius 3 is 2.41 bits per heavy atom. The Morgan fingerprint density at radius 1 is 1.03 bits per heavy atom. The summed E-state index contributed by atoms with van der Waals surface area (Å²) in [6.45, 7) is 7.52. The van der Waals surface area contributed by atoms with Crippen LogP contribution in [0.4, 0.5) is 5.95 Å². The molecule has 0 bridgehead atoms. The van der Waals surface area contributed by atoms with E-state index in [4.69, 9.17) is 0 Å². The molecular formula is C23H31N5O. The van der Waals surface area contributed by atoms with E-state index in [1.165, 1.54) is 5.56 Å². The van der Waals surface area contributed by atoms with Crippen molar-refractivity contribution in [1.29, 1.82) is 0 Å². The van der Waals surface area contributed by atoms with Crippen molar-refractivity contribution in [1.82, 2.24) is 19.8 Å². The number of hydrogen-bond acceptors (Lipinski definition) is 5. The number of hydrogen-bond donors (Lipinski definition) is 1. The Labute approximate surface area is 173 Å². The second-order valence-corrected chi connectivity index (χ2v) is 8.51. The molecule has 2 saturated heterocycles. The molecule has 29 heavy (non-hydrogen) atoms. The number of benzene rings is 1. The molecule has 0 radical (unpaired) electrons. The molecule has 6 nitrogen and oxygen atoms in total. The number of nitrogens with zero attached hydrogens (tertiary/aromatic N) is 4. The van der Waals surface area contributed by atoms with Crippen LogP contribution in [0.2, 0.25) is 0 Å². The Bertz CT molecular complexity index is 823. The molecule has 6 heteroatoms. The average molecular weight is 394 g/mol. The molecule has 2 fully saturated rings. The van der Waals surface area contributed by atoms with E-state index in [1.54, 1.807) is 0 Å². The second-order valence-electron chi connectivity index (χ2n) is 8.51. The normalized spacial score (nSPS) is 22.6. The van der Waals surface area contributed by atoms with Crippen LogP contribution in [0.1, 0.15) is 50.7 Å². The molecule has 4 rings (SSSR count). The van der Waals surface area contributed by atoms with Gasteiger partial charge in [0.2, 0.25) is 11.9 Å². The molecule has 2 aliphatic heterocycles. The van der Waals surface area contributed by atoms with Crippen LogP contribution in [-0.2, 0) is 17.9 Å². The summed E-state index contributed by atoms with van der Waals surface area (Å²) in [5.41, 5.74) is 1.93. The number of carbonyl (C=O) groups is 1. The van der Waals surface area contributed by atoms with Gasteiger partial charge in [-0.25, -0.2) is 9.97 Å². The summed E-state index contributed by atoms with van der Waals surface area (Å²) in [7, 11) is 0. The Kier molecular flexibility index (Phi) is 5.81. The van der Waals surface area contributed by atoms with Gasteiger partial charge in [-0.05, 0) is 51.6 Å². The van der Waals surface area contributed by atoms with E-state index in [0.29, 0.717) is 18.4 Å². The highest BCUT2D eigenvalue weighted by Crippen LogP contribution is 2.39. The lowest BCUT2D eigenvalue weighted by Gasteiger charge is -2.46. The zero-order valence-corrected chi connectivity index (χ0v) is 17.5. The minimum atomic E-state index is -0.327. The SMILES string of the molecule is CC(C)N1CCCC2(CCCN2Cc2cnc(NCc3ccccc3)nc2)C1=O. The van der Waals surface area contributed by atoms with Crippen LogP contribution in [0.3, 0.4) is 0 Å². The maximum Gasteiger partial charge on any atom is 0.243 e. The molecule has 1 N–H and O–H groups in total. The standard InChI is InChI=1S/C23H31N5O/c1-18(2)28-13-7-11-23(21(28)29)10-6-12-27(23)17-20-15-25-22(26-16-20)24-14-19-8-4-3-5-9-19/h3-5,8-9,15-16,18H,6-7,10-14,17H2,1-2H3,(H,24,25,26). The number of likely N-dealkylation sites (tertiary alicyclic amines) is 2. The van der Waals surface area contributed by atoms with E-state index in [9.17, 15) is 4.79 Å². The van der Waals surface area contributed by atoms with E-state index in [1.807, 2.05) is 30.6 Å². The first kappa shape index (κ1) is 19.8. The highest BCUT2D eigenvalue weighted by molar-refractivity contribution is 5.87. The molecule has 0 aliphatic carbocycles. The van der Waals surface area contributed by atoms with E-state index in [0.717, 1.165) is 50.9 Å². The molecule has 3 heterocycles. The van der Waals surface area contributed by atoms with Gasteiger partial charge in [-0.2, -0.15) is 0 Å². The molecule has 0 saturated carbocycles. The van der Waals surface area contributed by atoms with Crippen LogP contribution >= 0.6 is 0 Å². The zero-order valence-electron chi connectivity index (χ0n) is 17.5. The molecule has 1 atom stereocenters. The average Bonchev–Trinajstić information content (AvgIpc) is 3.13. The van der Waals surface area contributed by atoms with Crippen molar-refractivity contribution >= 4 is 11.9 Å². The van der Waals surface area contributed by atoms with Crippen molar-refractivity contribution in [3.05, 3.63) is 53.9 Å². The van der Waals surface area contributed by atoms with Gasteiger partial charge in [0.15, 0.2) is 0 Å². The van der Waals surface area contributed by atoms with Gasteiger partial charge in [0.1, 0.15) is 5.54 Å². The van der Waals surface area contributed by atoms with Crippen molar-refractivity contribution in [3.8, 4) is 0 Å². The highest BCUT2D eigenvalue weighted by atomic mass is 16.2. The molecule has 2 aromatic rings. The van der Waals surface area contributed by atoms with Gasteiger partial charge in [0.25, 0.3) is 0 Å². The van der Waals surface area contributed by atoms with Gasteiger partial charge in [-0.15, -0.1) is 0 Å². The quantitative estimate of drug-likeness (QED) is 0.814. The predicted octanol–water partition coefficient (Wildman–Crippen LogP) is 3.45. The van der Waals surface area contributed by atoms with Crippen molar-refractivity contribution < 1.29 is 4.79 Å². The molecular weight excluding hydrogens is 362 g/mol. The monoisotopic (exact) mass is 393 g/mol. The number of aromatic nitrogens is 2. The zero-order chi connectivity index (χ0) is 20.3. The molecule has 1 spiro atoms. The minimum absolute atomic E-state index is 0.264. The van der Waals surface area contributed by atoms with Gasteiger partial charge in [0.05, 0.1) is 0 Å². The maximum atomic E-state index is 13.3. The second kappa shape index (κ2) is 8.49. The lowest BCUT2D eigenvalue weighted by atomic mass is 9.84. The van der Waals surface area contributed by atoms with E-state index >= 15 is 0 Å². The van der Waals surface area contributed by atoms with Crippen LogP contribution in [0.5, 0.6) is 0 Å². The fraction of sp³-hybridized carbons (Fsp3) is 0.522. The number of anilines is 1. The van der Waals surface area contributed by atoms with Crippen LogP contribution in [0.25, 0.3) is 0 Å². The van der Waals surface area contributed by atoms with Crippen molar-refractivity contribution in [2.45, 2.75) is 64.2 Å². The summed E-state index contributed by atoms with van der Waals surface area (Å²) in [4.78, 5) is 26.7. The van der Waals surface area contributed by atoms with Gasteiger partial charge < -0.3 is 10.2 Å². The van der Waals surface area contributed by atoms with Gasteiger partial charge in [-0.1, -0.05) is 30.3 Å². The first-order valence-electron chi connectivity index (χ1n) is 10.7. The Hall–Kier alpha value is -2.47. The Morgan fingerprint density at radius 2 is 1.72 bits per heavy atom. The number of nitrogens with one attached hydrogen (secondary N) is 1. The number of carbonyl (C=O) groups excluding carboxylic acids is 1.